The lowest BCUT2D eigenvalue weighted by Gasteiger charge is -2.45. The van der Waals surface area contributed by atoms with Gasteiger partial charge in [-0.1, -0.05) is 20.8 Å². The van der Waals surface area contributed by atoms with E-state index in [4.69, 9.17) is 4.74 Å². The summed E-state index contributed by atoms with van der Waals surface area (Å²) in [7, 11) is 0. The fraction of sp³-hybridized carbons (Fsp3) is 0.933. The first kappa shape index (κ1) is 14.6. The van der Waals surface area contributed by atoms with Gasteiger partial charge in [0.15, 0.2) is 0 Å². The van der Waals surface area contributed by atoms with Crippen LogP contribution in [0.4, 0.5) is 4.79 Å². The van der Waals surface area contributed by atoms with E-state index in [1.165, 1.54) is 0 Å². The van der Waals surface area contributed by atoms with Crippen molar-refractivity contribution in [2.45, 2.75) is 71.6 Å². The van der Waals surface area contributed by atoms with E-state index < -0.39 is 5.60 Å². The van der Waals surface area contributed by atoms with Gasteiger partial charge in [0.05, 0.1) is 12.6 Å². The van der Waals surface area contributed by atoms with E-state index in [1.807, 2.05) is 18.7 Å². The van der Waals surface area contributed by atoms with Crippen LogP contribution in [0, 0.1) is 11.3 Å². The van der Waals surface area contributed by atoms with Crippen molar-refractivity contribution in [2.75, 3.05) is 6.54 Å². The molecule has 3 atom stereocenters. The van der Waals surface area contributed by atoms with Crippen molar-refractivity contribution < 1.29 is 14.6 Å². The van der Waals surface area contributed by atoms with Crippen molar-refractivity contribution in [3.63, 3.8) is 0 Å². The molecule has 0 bridgehead atoms. The van der Waals surface area contributed by atoms with Gasteiger partial charge in [0.1, 0.15) is 5.60 Å². The minimum absolute atomic E-state index is 0.0954. The van der Waals surface area contributed by atoms with Crippen LogP contribution in [-0.4, -0.2) is 40.4 Å². The average molecular weight is 269 g/mol. The molecule has 2 aliphatic rings. The molecule has 3 unspecified atom stereocenters. The first-order chi connectivity index (χ1) is 8.60. The van der Waals surface area contributed by atoms with Crippen molar-refractivity contribution in [1.82, 2.24) is 4.90 Å². The van der Waals surface area contributed by atoms with Gasteiger partial charge < -0.3 is 14.7 Å². The van der Waals surface area contributed by atoms with Crippen molar-refractivity contribution in [3.8, 4) is 0 Å². The summed E-state index contributed by atoms with van der Waals surface area (Å²) >= 11 is 0. The zero-order valence-corrected chi connectivity index (χ0v) is 12.8. The smallest absolute Gasteiger partial charge is 0.410 e. The Morgan fingerprint density at radius 3 is 2.42 bits per heavy atom. The van der Waals surface area contributed by atoms with Crippen molar-refractivity contribution in [2.24, 2.45) is 11.3 Å². The molecule has 1 N–H and O–H groups in total. The third kappa shape index (κ3) is 3.04. The number of nitrogens with zero attached hydrogens (tertiary/aromatic N) is 1. The molecule has 1 saturated heterocycles. The second kappa shape index (κ2) is 4.65. The maximum Gasteiger partial charge on any atom is 0.410 e. The molecule has 4 heteroatoms. The summed E-state index contributed by atoms with van der Waals surface area (Å²) < 4.78 is 5.42. The van der Waals surface area contributed by atoms with E-state index in [-0.39, 0.29) is 23.7 Å². The highest BCUT2D eigenvalue weighted by Gasteiger charge is 2.47. The summed E-state index contributed by atoms with van der Waals surface area (Å²) in [5.41, 5.74) is -0.278. The van der Waals surface area contributed by atoms with Crippen LogP contribution in [0.3, 0.4) is 0 Å². The van der Waals surface area contributed by atoms with E-state index in [1.54, 1.807) is 0 Å². The lowest BCUT2D eigenvalue weighted by atomic mass is 9.68. The van der Waals surface area contributed by atoms with Crippen LogP contribution in [0.25, 0.3) is 0 Å². The molecule has 0 aromatic heterocycles. The number of amides is 1. The molecule has 1 heterocycles. The fourth-order valence-electron chi connectivity index (χ4n) is 3.53. The van der Waals surface area contributed by atoms with Crippen LogP contribution >= 0.6 is 0 Å². The van der Waals surface area contributed by atoms with E-state index in [9.17, 15) is 9.90 Å². The minimum atomic E-state index is -0.415. The van der Waals surface area contributed by atoms with Gasteiger partial charge in [-0.2, -0.15) is 0 Å². The van der Waals surface area contributed by atoms with Crippen LogP contribution < -0.4 is 0 Å². The number of cyclic esters (lactones) is 1. The molecule has 0 aromatic rings. The number of hydrogen-bond donors (Lipinski definition) is 1. The molecular formula is C15H27NO3. The molecule has 1 aliphatic carbocycles. The third-order valence-electron chi connectivity index (χ3n) is 4.45. The zero-order chi connectivity index (χ0) is 14.4. The Balaban J connectivity index is 2.21. The van der Waals surface area contributed by atoms with Crippen LogP contribution in [0.15, 0.2) is 0 Å². The Hall–Kier alpha value is -0.770. The number of ether oxygens (including phenoxy) is 1. The van der Waals surface area contributed by atoms with Gasteiger partial charge in [-0.25, -0.2) is 4.79 Å². The van der Waals surface area contributed by atoms with Gasteiger partial charge in [-0.15, -0.1) is 0 Å². The van der Waals surface area contributed by atoms with Crippen molar-refractivity contribution >= 4 is 6.09 Å². The van der Waals surface area contributed by atoms with Gasteiger partial charge in [0.25, 0.3) is 0 Å². The molecule has 110 valence electrons. The molecule has 1 saturated carbocycles. The summed E-state index contributed by atoms with van der Waals surface area (Å²) in [6.45, 7) is 11.2. The maximum absolute atomic E-state index is 12.1. The van der Waals surface area contributed by atoms with Gasteiger partial charge in [0.2, 0.25) is 0 Å². The first-order valence-corrected chi connectivity index (χ1v) is 7.28. The minimum Gasteiger partial charge on any atom is -0.441 e. The summed E-state index contributed by atoms with van der Waals surface area (Å²) in [6.07, 6.45) is 1.97. The van der Waals surface area contributed by atoms with Gasteiger partial charge in [-0.3, -0.25) is 0 Å². The van der Waals surface area contributed by atoms with E-state index in [0.717, 1.165) is 12.8 Å². The van der Waals surface area contributed by atoms with Crippen molar-refractivity contribution in [1.29, 1.82) is 0 Å². The van der Waals surface area contributed by atoms with Gasteiger partial charge in [0, 0.05) is 6.04 Å². The van der Waals surface area contributed by atoms with Crippen LogP contribution in [0.5, 0.6) is 0 Å². The number of hydrogen-bond acceptors (Lipinski definition) is 3. The summed E-state index contributed by atoms with van der Waals surface area (Å²) in [5, 5.41) is 9.96. The Morgan fingerprint density at radius 1 is 1.32 bits per heavy atom. The van der Waals surface area contributed by atoms with Crippen LogP contribution in [-0.2, 0) is 4.74 Å². The largest absolute Gasteiger partial charge is 0.441 e. The lowest BCUT2D eigenvalue weighted by Crippen LogP contribution is -2.50. The highest BCUT2D eigenvalue weighted by molar-refractivity contribution is 5.71. The Labute approximate surface area is 116 Å². The molecule has 0 radical (unpaired) electrons. The number of rotatable bonds is 1. The van der Waals surface area contributed by atoms with Gasteiger partial charge in [-0.05, 0) is 44.4 Å². The monoisotopic (exact) mass is 269 g/mol. The Bertz CT molecular complexity index is 359. The lowest BCUT2D eigenvalue weighted by molar-refractivity contribution is 0.00672. The number of carbonyl (C=O) groups is 1. The highest BCUT2D eigenvalue weighted by atomic mass is 16.6. The predicted octanol–water partition coefficient (Wildman–Crippen LogP) is 2.79. The predicted molar refractivity (Wildman–Crippen MR) is 73.9 cm³/mol. The Morgan fingerprint density at radius 2 is 1.95 bits per heavy atom. The van der Waals surface area contributed by atoms with Gasteiger partial charge >= 0.3 is 6.09 Å². The molecule has 0 aromatic carbocycles. The molecule has 0 spiro atoms. The molecular weight excluding hydrogens is 242 g/mol. The maximum atomic E-state index is 12.1. The van der Waals surface area contributed by atoms with Crippen LogP contribution in [0.2, 0.25) is 0 Å². The quantitative estimate of drug-likeness (QED) is 0.796. The summed E-state index contributed by atoms with van der Waals surface area (Å²) in [5.74, 6) is 0.414. The molecule has 2 rings (SSSR count). The molecule has 19 heavy (non-hydrogen) atoms. The molecule has 4 nitrogen and oxygen atoms in total. The van der Waals surface area contributed by atoms with E-state index >= 15 is 0 Å². The normalized spacial score (nSPS) is 35.4. The van der Waals surface area contributed by atoms with E-state index in [2.05, 4.69) is 20.8 Å². The summed E-state index contributed by atoms with van der Waals surface area (Å²) in [6, 6.07) is 0.0954. The van der Waals surface area contributed by atoms with Crippen molar-refractivity contribution in [3.05, 3.63) is 0 Å². The fourth-order valence-corrected chi connectivity index (χ4v) is 3.53. The topological polar surface area (TPSA) is 49.8 Å². The first-order valence-electron chi connectivity index (χ1n) is 7.28. The second-order valence-electron chi connectivity index (χ2n) is 7.76. The van der Waals surface area contributed by atoms with E-state index in [0.29, 0.717) is 18.9 Å². The average Bonchev–Trinajstić information content (AvgIpc) is 2.50. The Kier molecular flexibility index (Phi) is 3.58. The number of aliphatic hydroxyl groups excluding tert-OH is 1. The molecule has 1 aliphatic heterocycles. The van der Waals surface area contributed by atoms with Crippen LogP contribution in [0.1, 0.15) is 53.9 Å². The SMILES string of the molecule is CC1(C)CN(C2CC(O)CCC2C(C)(C)C)C(=O)O1. The number of aliphatic hydroxyl groups is 1. The standard InChI is InChI=1S/C15H27NO3/c1-14(2,3)11-7-6-10(17)8-12(11)16-9-15(4,5)19-13(16)18/h10-12,17H,6-9H2,1-5H3. The summed E-state index contributed by atoms with van der Waals surface area (Å²) in [4.78, 5) is 13.9. The second-order valence-corrected chi connectivity index (χ2v) is 7.76. The molecule has 1 amide bonds. The number of carbonyl (C=O) groups excluding carboxylic acids is 1. The molecule has 2 fully saturated rings. The third-order valence-corrected chi connectivity index (χ3v) is 4.45. The zero-order valence-electron chi connectivity index (χ0n) is 12.8. The highest BCUT2D eigenvalue weighted by Crippen LogP contribution is 2.42.